The van der Waals surface area contributed by atoms with Crippen LogP contribution in [0, 0.1) is 63.6 Å². The van der Waals surface area contributed by atoms with Crippen molar-refractivity contribution in [2.45, 2.75) is 144 Å². The van der Waals surface area contributed by atoms with Gasteiger partial charge < -0.3 is 121 Å². The Bertz CT molecular complexity index is 1720. The van der Waals surface area contributed by atoms with Crippen LogP contribution in [-0.4, -0.2) is 275 Å². The van der Waals surface area contributed by atoms with Gasteiger partial charge in [-0.25, -0.2) is 9.59 Å². The second-order valence-electron chi connectivity index (χ2n) is 18.4. The first-order valence-electron chi connectivity index (χ1n) is 23.6. The summed E-state index contributed by atoms with van der Waals surface area (Å²) in [6.45, 7) is 12.1. The first-order valence-corrected chi connectivity index (χ1v) is 23.6. The average molecular weight is 1090 g/mol. The summed E-state index contributed by atoms with van der Waals surface area (Å²) in [6.07, 6.45) is -13.1. The van der Waals surface area contributed by atoms with Gasteiger partial charge in [-0.05, 0) is 34.6 Å². The number of fused-ring (bicyclic) bond motifs is 1. The maximum atomic E-state index is 9.77. The normalized spacial score (nSPS) is 39.5. The van der Waals surface area contributed by atoms with Crippen LogP contribution in [0.4, 0.5) is 0 Å². The molecule has 0 saturated carbocycles. The molecule has 0 aliphatic carbocycles. The topological polar surface area (TPSA) is 526 Å². The van der Waals surface area contributed by atoms with Crippen molar-refractivity contribution in [1.82, 2.24) is 10.6 Å². The fourth-order valence-electron chi connectivity index (χ4n) is 7.32. The fourth-order valence-corrected chi connectivity index (χ4v) is 7.32. The van der Waals surface area contributed by atoms with E-state index in [1.54, 1.807) is 27.7 Å². The van der Waals surface area contributed by atoms with Gasteiger partial charge in [0.2, 0.25) is 0 Å². The quantitative estimate of drug-likeness (QED) is 0.113. The standard InChI is InChI=1S/C13H21NO5.2C7H11NO3.2C6H13NO3.C4H6O6.C2H4O2/c1-8-10-11(9(5-14)6-17-8)19-13(3,16-4)12(2,7-15)18-10;2*1-4-6(9)7(10)5(2-8)3-11-4;2*8-3-4-1-7-2-5(9)6(4)10;5-1(3(7)8)2(6)4(9)10;1-2(3)4/h8-11,15H,6-7H2,1-4H3;2*4-7,9-10H,3H2,1H3;2*4-10H,1-3H2;1-2,5-6H,(H,7,8)(H,9,10);1H3,(H,3,4)/t8-,9+,10+,11+,12+,13-;2*4-,5+,6+,7+;2*4-,5-,6-;1-,2-;/m000111./s1. The van der Waals surface area contributed by atoms with Crippen molar-refractivity contribution in [2.24, 2.45) is 29.6 Å². The molecule has 6 heterocycles. The van der Waals surface area contributed by atoms with E-state index in [1.165, 1.54) is 7.11 Å². The summed E-state index contributed by atoms with van der Waals surface area (Å²) in [5.74, 6) is -7.51. The Morgan fingerprint density at radius 3 is 1.23 bits per heavy atom. The Labute approximate surface area is 433 Å². The number of aliphatic hydroxyl groups is 13. The highest BCUT2D eigenvalue weighted by Gasteiger charge is 2.59. The van der Waals surface area contributed by atoms with E-state index in [0.29, 0.717) is 32.8 Å². The minimum Gasteiger partial charge on any atom is -0.481 e. The van der Waals surface area contributed by atoms with Crippen molar-refractivity contribution in [2.75, 3.05) is 72.9 Å². The Balaban J connectivity index is 0.000000880. The molecule has 0 bridgehead atoms. The van der Waals surface area contributed by atoms with E-state index in [9.17, 15) is 50.6 Å². The minimum absolute atomic E-state index is 0.0781. The second kappa shape index (κ2) is 34.7. The van der Waals surface area contributed by atoms with Crippen LogP contribution in [0.5, 0.6) is 0 Å². The molecule has 0 aromatic carbocycles. The van der Waals surface area contributed by atoms with E-state index in [4.69, 9.17) is 89.7 Å². The lowest BCUT2D eigenvalue weighted by Gasteiger charge is -2.55. The highest BCUT2D eigenvalue weighted by Crippen LogP contribution is 2.43. The lowest BCUT2D eigenvalue weighted by Crippen LogP contribution is -2.70. The Kier molecular flexibility index (Phi) is 32.9. The Hall–Kier alpha value is -3.96. The lowest BCUT2D eigenvalue weighted by atomic mass is 9.87. The summed E-state index contributed by atoms with van der Waals surface area (Å²) in [5.41, 5.74) is -1.00. The van der Waals surface area contributed by atoms with Gasteiger partial charge in [0, 0.05) is 65.3 Å². The van der Waals surface area contributed by atoms with Crippen molar-refractivity contribution in [3.8, 4) is 18.2 Å². The number of rotatable bonds is 7. The first-order chi connectivity index (χ1) is 34.9. The third-order valence-corrected chi connectivity index (χ3v) is 12.7. The summed E-state index contributed by atoms with van der Waals surface area (Å²) >= 11 is 0. The molecule has 18 N–H and O–H groups in total. The van der Waals surface area contributed by atoms with Crippen molar-refractivity contribution in [1.29, 1.82) is 15.8 Å². The predicted molar refractivity (Wildman–Crippen MR) is 250 cm³/mol. The summed E-state index contributed by atoms with van der Waals surface area (Å²) in [4.78, 5) is 28.5. The maximum Gasteiger partial charge on any atom is 0.335 e. The number of carboxylic acids is 3. The molecule has 6 aliphatic rings. The van der Waals surface area contributed by atoms with Crippen molar-refractivity contribution in [3.05, 3.63) is 0 Å². The first kappa shape index (κ1) is 71.0. The molecular formula is C45H79N5O25. The van der Waals surface area contributed by atoms with Gasteiger partial charge >= 0.3 is 11.9 Å². The van der Waals surface area contributed by atoms with Crippen LogP contribution in [0.1, 0.15) is 41.5 Å². The summed E-state index contributed by atoms with van der Waals surface area (Å²) in [7, 11) is 1.50. The zero-order valence-electron chi connectivity index (χ0n) is 42.8. The van der Waals surface area contributed by atoms with Gasteiger partial charge in [-0.15, -0.1) is 0 Å². The van der Waals surface area contributed by atoms with Crippen molar-refractivity contribution < 1.29 is 125 Å². The molecule has 6 fully saturated rings. The van der Waals surface area contributed by atoms with Crippen molar-refractivity contribution >= 4 is 17.9 Å². The van der Waals surface area contributed by atoms with Crippen LogP contribution in [0.2, 0.25) is 0 Å². The zero-order valence-corrected chi connectivity index (χ0v) is 42.8. The number of hydrogen-bond acceptors (Lipinski definition) is 27. The summed E-state index contributed by atoms with van der Waals surface area (Å²) in [5, 5.41) is 172. The molecule has 75 heavy (non-hydrogen) atoms. The number of methoxy groups -OCH3 is 1. The number of carbonyl (C=O) groups is 3. The largest absolute Gasteiger partial charge is 0.481 e. The van der Waals surface area contributed by atoms with Gasteiger partial charge in [0.25, 0.3) is 5.97 Å². The molecule has 6 rings (SSSR count). The summed E-state index contributed by atoms with van der Waals surface area (Å²) < 4.78 is 33.0. The molecule has 0 radical (unpaired) electrons. The second-order valence-corrected chi connectivity index (χ2v) is 18.4. The smallest absolute Gasteiger partial charge is 0.335 e. The summed E-state index contributed by atoms with van der Waals surface area (Å²) in [6, 6.07) is 5.92. The van der Waals surface area contributed by atoms with Gasteiger partial charge in [-0.3, -0.25) is 4.79 Å². The van der Waals surface area contributed by atoms with E-state index < -0.39 is 120 Å². The van der Waals surface area contributed by atoms with Crippen LogP contribution in [0.25, 0.3) is 0 Å². The van der Waals surface area contributed by atoms with Crippen LogP contribution in [0.15, 0.2) is 0 Å². The van der Waals surface area contributed by atoms with E-state index >= 15 is 0 Å². The van der Waals surface area contributed by atoms with Crippen LogP contribution < -0.4 is 10.6 Å². The highest BCUT2D eigenvalue weighted by atomic mass is 16.8. The average Bonchev–Trinajstić information content (AvgIpc) is 3.37. The van der Waals surface area contributed by atoms with E-state index in [2.05, 4.69) is 16.7 Å². The SMILES string of the molecule is CC(=O)O.CO[C@@]1(C)O[C@H]2[C@H](O[C@]1(C)CO)[C@H](C)OC[C@H]2C#N.C[C@@H]1OC[C@@H](C#N)[C@@H](O)[C@@H]1O.C[C@@H]1OC[C@@H](C#N)[C@@H](O)[C@@H]1O.O=C(O)[C@H](O)[C@@H](O)C(=O)O.OC[C@H]1CNC[C@@H](O)[C@@H]1O.OC[C@H]1CNC[C@@H](O)[C@@H]1O. The van der Waals surface area contributed by atoms with E-state index in [1.807, 2.05) is 19.1 Å². The monoisotopic (exact) mass is 1090 g/mol. The number of nitrogens with zero attached hydrogens (tertiary/aromatic N) is 3. The molecule has 0 spiro atoms. The molecule has 0 amide bonds. The molecule has 434 valence electrons. The highest BCUT2D eigenvalue weighted by molar-refractivity contribution is 5.83. The van der Waals surface area contributed by atoms with E-state index in [0.717, 1.165) is 6.92 Å². The van der Waals surface area contributed by atoms with Gasteiger partial charge in [0.1, 0.15) is 42.2 Å². The minimum atomic E-state index is -2.27. The Morgan fingerprint density at radius 1 is 0.587 bits per heavy atom. The molecule has 0 unspecified atom stereocenters. The molecular weight excluding hydrogens is 1010 g/mol. The number of carboxylic acid groups (broad SMARTS) is 3. The fraction of sp³-hybridized carbons (Fsp3) is 0.867. The molecule has 6 saturated heterocycles. The molecule has 30 heteroatoms. The molecule has 0 aromatic rings. The van der Waals surface area contributed by atoms with Gasteiger partial charge in [0.15, 0.2) is 18.0 Å². The zero-order chi connectivity index (χ0) is 58.1. The maximum absolute atomic E-state index is 9.77. The molecule has 30 nitrogen and oxygen atoms in total. The number of hydrogen-bond donors (Lipinski definition) is 18. The number of β-amino-alcohol motifs (C(OH)–C–C–N with tert-alkyl or cyclic N) is 2. The molecule has 6 aliphatic heterocycles. The molecule has 22 atom stereocenters. The molecule has 0 aromatic heterocycles. The van der Waals surface area contributed by atoms with Crippen LogP contribution >= 0.6 is 0 Å². The lowest BCUT2D eigenvalue weighted by molar-refractivity contribution is -0.412. The Morgan fingerprint density at radius 2 is 0.933 bits per heavy atom. The number of nitrogens with one attached hydrogen (secondary N) is 2. The van der Waals surface area contributed by atoms with E-state index in [-0.39, 0.29) is 63.2 Å². The van der Waals surface area contributed by atoms with Crippen molar-refractivity contribution in [3.63, 3.8) is 0 Å². The number of piperidine rings is 2. The van der Waals surface area contributed by atoms with Crippen LogP contribution in [0.3, 0.4) is 0 Å². The number of aliphatic carboxylic acids is 3. The number of ether oxygens (including phenoxy) is 6. The predicted octanol–water partition coefficient (Wildman–Crippen LogP) is -7.22. The number of nitriles is 3. The third-order valence-electron chi connectivity index (χ3n) is 12.7. The number of aliphatic hydroxyl groups excluding tert-OH is 13. The van der Waals surface area contributed by atoms with Gasteiger partial charge in [-0.2, -0.15) is 15.8 Å². The van der Waals surface area contributed by atoms with Crippen LogP contribution in [-0.2, 0) is 42.8 Å². The third kappa shape index (κ3) is 21.8. The van der Waals surface area contributed by atoms with Gasteiger partial charge in [0.05, 0.1) is 105 Å². The van der Waals surface area contributed by atoms with Gasteiger partial charge in [-0.1, -0.05) is 0 Å².